The molecule has 2 heterocycles. The number of fused-ring (bicyclic) bond motifs is 4. The third kappa shape index (κ3) is 8.77. The molecule has 2 saturated heterocycles. The molecule has 4 N–H and O–H groups in total. The van der Waals surface area contributed by atoms with Crippen molar-refractivity contribution < 1.29 is 93.8 Å². The summed E-state index contributed by atoms with van der Waals surface area (Å²) in [5, 5.41) is 49.5. The number of esters is 2. The average molecular weight is 1310 g/mol. The number of halogens is 3. The summed E-state index contributed by atoms with van der Waals surface area (Å²) in [4.78, 5) is 53.6. The first kappa shape index (κ1) is 69.4. The number of hydrogen-bond acceptors (Lipinski definition) is 17. The third-order valence-electron chi connectivity index (χ3n) is 21.2. The van der Waals surface area contributed by atoms with Crippen LogP contribution in [0.15, 0.2) is 44.8 Å². The van der Waals surface area contributed by atoms with E-state index in [0.717, 1.165) is 6.92 Å². The second-order valence-corrected chi connectivity index (χ2v) is 40.9. The first-order valence-corrected chi connectivity index (χ1v) is 39.0. The number of carbonyl (C=O) groups is 4. The molecule has 83 heavy (non-hydrogen) atoms. The molecule has 472 valence electrons. The van der Waals surface area contributed by atoms with E-state index in [-0.39, 0.29) is 49.7 Å². The SMILES string of the molecule is C=C(C)C1=C(C)C2(O)C(O)(C1=O)C1(C)CC(=O)OC23C(OCC)C(C)CC[C@]13OCC.C=[C](C)[Sn]([CH2]CCC)([CH2]CCC)[CH2]CCC.CCOC1C(C)CC[C@@]2(OCC)C13OC(=O)C[C@]2(C)C1(O)C(=O)C(OS(=O)(=O)C(F)(F)F)=C(C)C13O. The predicted octanol–water partition coefficient (Wildman–Crippen LogP) is 9.68. The number of unbranched alkanes of at least 4 members (excludes halogenated alkanes) is 3. The zero-order valence-corrected chi connectivity index (χ0v) is 55.5. The molecule has 4 saturated carbocycles. The maximum Gasteiger partial charge on any atom is 0.534 e. The van der Waals surface area contributed by atoms with Crippen LogP contribution in [-0.4, -0.2) is 160 Å². The number of ketones is 2. The number of aliphatic hydroxyl groups is 4. The van der Waals surface area contributed by atoms with Crippen molar-refractivity contribution in [3.8, 4) is 0 Å². The quantitative estimate of drug-likeness (QED) is 0.0361. The molecule has 0 radical (unpaired) electrons. The summed E-state index contributed by atoms with van der Waals surface area (Å²) in [6.45, 7) is 36.1. The number of rotatable bonds is 21. The maximum absolute atomic E-state index is 13.9. The van der Waals surface area contributed by atoms with Crippen LogP contribution in [-0.2, 0) is 61.9 Å². The molecule has 4 bridgehead atoms. The molecule has 0 aromatic rings. The summed E-state index contributed by atoms with van der Waals surface area (Å²) in [5.74, 6) is -5.65. The Kier molecular flexibility index (Phi) is 19.8. The van der Waals surface area contributed by atoms with Gasteiger partial charge in [-0.3, -0.25) is 19.2 Å². The Morgan fingerprint density at radius 3 is 1.34 bits per heavy atom. The van der Waals surface area contributed by atoms with Crippen LogP contribution in [0.25, 0.3) is 0 Å². The van der Waals surface area contributed by atoms with Crippen LogP contribution in [0.2, 0.25) is 13.3 Å². The van der Waals surface area contributed by atoms with Crippen LogP contribution in [0.5, 0.6) is 0 Å². The summed E-state index contributed by atoms with van der Waals surface area (Å²) in [5.41, 5.74) is -26.8. The van der Waals surface area contributed by atoms with Gasteiger partial charge in [0, 0.05) is 37.6 Å². The van der Waals surface area contributed by atoms with Crippen molar-refractivity contribution in [1.82, 2.24) is 0 Å². The van der Waals surface area contributed by atoms with Crippen molar-refractivity contribution in [3.05, 3.63) is 44.8 Å². The molecule has 8 aliphatic rings. The average Bonchev–Trinajstić information content (AvgIpc) is 1.46. The van der Waals surface area contributed by atoms with E-state index in [1.807, 2.05) is 20.8 Å². The van der Waals surface area contributed by atoms with Gasteiger partial charge in [-0.25, -0.2) is 0 Å². The van der Waals surface area contributed by atoms with Gasteiger partial charge < -0.3 is 53.0 Å². The standard InChI is InChI=1S/C24H34O7.C22H29F3O10S.3C4H9.C3H5.Sn/c1-8-29-19-14(5)10-11-21(30-9-2)20(7)12-16(25)31-24(19,21)22(27)15(6)17(13(3)4)18(26)23(20,22)28;1-6-32-16-11(3)8-9-18(33-7-2)17(5)10-13(26)34-21(16,18)19(28)12(4)14(15(27)20(17,19)29)35-36(30,31)22(23,24)25;3*1-3-4-2;1-3-2;/h14,19,27-28H,3,8-12H2,1-2,4-7H3;11,16,28-29H,6-10H2,1-5H3;3*1,3-4H2,2H3;1H2,2H3;/t14?,19?,20?,21-,22?,23?,24?;11?,16?,17-,18-,19?,20?,21?;;;;;/m00...../s1. The number of hydrogen-bond donors (Lipinski definition) is 4. The fourth-order valence-electron chi connectivity index (χ4n) is 17.4. The van der Waals surface area contributed by atoms with Crippen molar-refractivity contribution in [2.45, 2.75) is 257 Å². The van der Waals surface area contributed by atoms with Crippen molar-refractivity contribution in [3.63, 3.8) is 0 Å². The second-order valence-electron chi connectivity index (χ2n) is 25.3. The van der Waals surface area contributed by atoms with E-state index in [4.69, 9.17) is 28.4 Å². The molecule has 0 amide bonds. The molecule has 6 aliphatic carbocycles. The normalized spacial score (nSPS) is 39.6. The molecule has 6 fully saturated rings. The molecule has 0 aromatic heterocycles. The van der Waals surface area contributed by atoms with Crippen LogP contribution < -0.4 is 0 Å². The number of Topliss-reactive ketones (excluding diaryl/α,β-unsaturated/α-hetero) is 2. The van der Waals surface area contributed by atoms with Gasteiger partial charge in [0.05, 0.1) is 23.7 Å². The van der Waals surface area contributed by atoms with Gasteiger partial charge in [-0.1, -0.05) is 34.3 Å². The number of carbonyl (C=O) groups excluding carboxylic acids is 4. The third-order valence-corrected chi connectivity index (χ3v) is 38.5. The molecule has 0 spiro atoms. The van der Waals surface area contributed by atoms with Gasteiger partial charge in [0.1, 0.15) is 23.4 Å². The largest absolute Gasteiger partial charge is 0.534 e. The maximum atomic E-state index is 13.9. The minimum Gasteiger partial charge on any atom is -0.449 e. The fraction of sp³-hybridized carbons (Fsp3) is 0.803. The van der Waals surface area contributed by atoms with Gasteiger partial charge in [-0.05, 0) is 97.1 Å². The Labute approximate surface area is 493 Å². The molecule has 8 rings (SSSR count). The van der Waals surface area contributed by atoms with E-state index in [1.165, 1.54) is 45.4 Å². The van der Waals surface area contributed by atoms with E-state index in [2.05, 4.69) is 45.0 Å². The Morgan fingerprint density at radius 2 is 1.01 bits per heavy atom. The monoisotopic (exact) mass is 1310 g/mol. The van der Waals surface area contributed by atoms with Crippen LogP contribution in [0.1, 0.15) is 181 Å². The molecule has 0 aromatic carbocycles. The molecule has 14 atom stereocenters. The smallest absolute Gasteiger partial charge is 0.449 e. The first-order chi connectivity index (χ1) is 38.4. The van der Waals surface area contributed by atoms with Crippen LogP contribution in [0.3, 0.4) is 0 Å². The number of allylic oxidation sites excluding steroid dienone is 2. The zero-order valence-electron chi connectivity index (χ0n) is 51.8. The number of ether oxygens (including phenoxy) is 6. The Hall–Kier alpha value is -2.74. The second kappa shape index (κ2) is 23.7. The predicted molar refractivity (Wildman–Crippen MR) is 305 cm³/mol. The van der Waals surface area contributed by atoms with E-state index >= 15 is 0 Å². The molecular formula is C61H95F3O17SSn. The first-order valence-electron chi connectivity index (χ1n) is 30.1. The van der Waals surface area contributed by atoms with Gasteiger partial charge in [-0.15, -0.1) is 0 Å². The van der Waals surface area contributed by atoms with E-state index in [9.17, 15) is 61.2 Å². The fourth-order valence-corrected chi connectivity index (χ4v) is 32.6. The van der Waals surface area contributed by atoms with Crippen molar-refractivity contribution >= 4 is 52.0 Å². The van der Waals surface area contributed by atoms with Crippen LogP contribution in [0, 0.1) is 22.7 Å². The van der Waals surface area contributed by atoms with Gasteiger partial charge in [0.15, 0.2) is 33.9 Å². The molecule has 17 nitrogen and oxygen atoms in total. The summed E-state index contributed by atoms with van der Waals surface area (Å²) < 4.78 is 110. The summed E-state index contributed by atoms with van der Waals surface area (Å²) in [7, 11) is -6.35. The van der Waals surface area contributed by atoms with Gasteiger partial charge >= 0.3 is 136 Å². The molecule has 11 unspecified atom stereocenters. The Bertz CT molecular complexity index is 2740. The Morgan fingerprint density at radius 1 is 0.639 bits per heavy atom. The minimum absolute atomic E-state index is 0.00294. The summed E-state index contributed by atoms with van der Waals surface area (Å²) >= 11 is -1.94. The van der Waals surface area contributed by atoms with E-state index < -0.39 is 149 Å². The topological polar surface area (TPSA) is 248 Å². The molecular weight excluding hydrogens is 1210 g/mol. The molecule has 2 aliphatic heterocycles. The summed E-state index contributed by atoms with van der Waals surface area (Å²) in [6, 6.07) is 0. The van der Waals surface area contributed by atoms with Gasteiger partial charge in [0.2, 0.25) is 17.0 Å². The molecule has 22 heteroatoms. The van der Waals surface area contributed by atoms with Crippen molar-refractivity contribution in [2.75, 3.05) is 26.4 Å². The number of alkyl halides is 3. The van der Waals surface area contributed by atoms with Gasteiger partial charge in [0.25, 0.3) is 0 Å². The van der Waals surface area contributed by atoms with Crippen LogP contribution >= 0.6 is 0 Å². The minimum atomic E-state index is -6.35. The zero-order chi connectivity index (χ0) is 63.0. The van der Waals surface area contributed by atoms with Crippen molar-refractivity contribution in [2.24, 2.45) is 22.7 Å². The van der Waals surface area contributed by atoms with Gasteiger partial charge in [-0.2, -0.15) is 21.6 Å². The van der Waals surface area contributed by atoms with Crippen LogP contribution in [0.4, 0.5) is 13.2 Å². The summed E-state index contributed by atoms with van der Waals surface area (Å²) in [6.07, 6.45) is 7.20. The van der Waals surface area contributed by atoms with Crippen molar-refractivity contribution in [1.29, 1.82) is 0 Å². The Balaban J connectivity index is 0.000000215. The van der Waals surface area contributed by atoms with E-state index in [0.29, 0.717) is 31.4 Å². The van der Waals surface area contributed by atoms with E-state index in [1.54, 1.807) is 58.4 Å².